The Bertz CT molecular complexity index is 1640. The largest absolute Gasteiger partial charge is 0.436 e. The van der Waals surface area contributed by atoms with E-state index in [4.69, 9.17) is 0 Å². The van der Waals surface area contributed by atoms with Gasteiger partial charge in [-0.2, -0.15) is 23.5 Å². The summed E-state index contributed by atoms with van der Waals surface area (Å²) < 4.78 is 41.6. The van der Waals surface area contributed by atoms with Crippen LogP contribution in [0.25, 0.3) is 5.82 Å². The van der Waals surface area contributed by atoms with E-state index in [2.05, 4.69) is 47.0 Å². The number of amides is 2. The van der Waals surface area contributed by atoms with Gasteiger partial charge in [0.1, 0.15) is 5.69 Å². The predicted octanol–water partition coefficient (Wildman–Crippen LogP) is 4.26. The first kappa shape index (κ1) is 28.4. The molecule has 0 radical (unpaired) electrons. The van der Waals surface area contributed by atoms with Gasteiger partial charge in [0, 0.05) is 12.2 Å². The van der Waals surface area contributed by atoms with Crippen LogP contribution < -0.4 is 10.6 Å². The minimum absolute atomic E-state index is 0.0236. The van der Waals surface area contributed by atoms with E-state index < -0.39 is 23.7 Å². The number of anilines is 1. The molecule has 4 aromatic rings. The minimum Gasteiger partial charge on any atom is -0.350 e. The summed E-state index contributed by atoms with van der Waals surface area (Å²) in [4.78, 5) is 30.8. The lowest BCUT2D eigenvalue weighted by atomic mass is 10.0. The third kappa shape index (κ3) is 6.18. The van der Waals surface area contributed by atoms with Crippen LogP contribution in [-0.2, 0) is 12.7 Å². The summed E-state index contributed by atoms with van der Waals surface area (Å²) in [6.45, 7) is 4.96. The van der Waals surface area contributed by atoms with Crippen LogP contribution in [0.5, 0.6) is 0 Å². The van der Waals surface area contributed by atoms with Crippen LogP contribution in [-0.4, -0.2) is 47.6 Å². The van der Waals surface area contributed by atoms with Crippen molar-refractivity contribution >= 4 is 33.4 Å². The van der Waals surface area contributed by atoms with E-state index in [0.717, 1.165) is 10.9 Å². The van der Waals surface area contributed by atoms with Gasteiger partial charge < -0.3 is 10.6 Å². The van der Waals surface area contributed by atoms with Crippen LogP contribution in [0, 0.1) is 18.3 Å². The quantitative estimate of drug-likeness (QED) is 0.316. The molecule has 0 aliphatic heterocycles. The highest BCUT2D eigenvalue weighted by Crippen LogP contribution is 2.28. The van der Waals surface area contributed by atoms with Gasteiger partial charge in [-0.15, -0.1) is 5.10 Å². The van der Waals surface area contributed by atoms with Gasteiger partial charge >= 0.3 is 6.18 Å². The molecule has 0 unspecified atom stereocenters. The number of carbonyl (C=O) groups is 2. The van der Waals surface area contributed by atoms with Crippen molar-refractivity contribution in [3.63, 3.8) is 0 Å². The van der Waals surface area contributed by atoms with Gasteiger partial charge in [-0.3, -0.25) is 9.59 Å². The number of aryl methyl sites for hydroxylation is 1. The van der Waals surface area contributed by atoms with Crippen molar-refractivity contribution in [1.82, 2.24) is 35.1 Å². The average molecular weight is 616 g/mol. The number of benzene rings is 1. The van der Waals surface area contributed by atoms with Crippen molar-refractivity contribution in [3.05, 3.63) is 81.0 Å². The first-order valence-electron chi connectivity index (χ1n) is 11.7. The third-order valence-corrected chi connectivity index (χ3v) is 6.07. The van der Waals surface area contributed by atoms with E-state index in [1.54, 1.807) is 32.9 Å². The zero-order chi connectivity index (χ0) is 29.2. The number of pyridine rings is 1. The second kappa shape index (κ2) is 11.3. The first-order valence-corrected chi connectivity index (χ1v) is 12.5. The lowest BCUT2D eigenvalue weighted by molar-refractivity contribution is -0.141. The summed E-state index contributed by atoms with van der Waals surface area (Å²) in [5, 5.41) is 25.9. The van der Waals surface area contributed by atoms with E-state index in [1.165, 1.54) is 29.1 Å². The van der Waals surface area contributed by atoms with Gasteiger partial charge in [-0.05, 0) is 72.6 Å². The fourth-order valence-electron chi connectivity index (χ4n) is 3.75. The average Bonchev–Trinajstić information content (AvgIpc) is 3.52. The number of rotatable bonds is 7. The molecule has 2 amide bonds. The number of alkyl halides is 3. The number of halogens is 4. The van der Waals surface area contributed by atoms with Crippen molar-refractivity contribution in [2.24, 2.45) is 0 Å². The molecule has 0 bridgehead atoms. The Hall–Kier alpha value is -4.58. The molecule has 1 aromatic carbocycles. The van der Waals surface area contributed by atoms with Crippen molar-refractivity contribution < 1.29 is 22.8 Å². The fourth-order valence-corrected chi connectivity index (χ4v) is 4.17. The van der Waals surface area contributed by atoms with Gasteiger partial charge in [0.25, 0.3) is 11.8 Å². The molecular formula is C25H21BrF3N9O2. The molecule has 11 nitrogen and oxygen atoms in total. The number of aromatic nitrogens is 6. The fraction of sp³-hybridized carbons (Fsp3) is 0.240. The molecule has 4 rings (SSSR count). The Morgan fingerprint density at radius 1 is 1.20 bits per heavy atom. The molecule has 0 saturated heterocycles. The predicted molar refractivity (Wildman–Crippen MR) is 140 cm³/mol. The highest BCUT2D eigenvalue weighted by atomic mass is 79.9. The zero-order valence-corrected chi connectivity index (χ0v) is 22.9. The van der Waals surface area contributed by atoms with Crippen molar-refractivity contribution in [3.8, 4) is 11.9 Å². The number of hydrogen-bond acceptors (Lipinski definition) is 7. The maximum absolute atomic E-state index is 13.6. The Kier molecular flexibility index (Phi) is 8.01. The molecule has 15 heteroatoms. The summed E-state index contributed by atoms with van der Waals surface area (Å²) in [6, 6.07) is 9.41. The molecule has 0 aliphatic rings. The second-order valence-corrected chi connectivity index (χ2v) is 9.80. The molecule has 3 heterocycles. The number of nitrogens with zero attached hydrogens (tertiary/aromatic N) is 7. The number of carbonyl (C=O) groups excluding carboxylic acids is 2. The Morgan fingerprint density at radius 3 is 2.58 bits per heavy atom. The summed E-state index contributed by atoms with van der Waals surface area (Å²) in [5.74, 6) is -0.932. The third-order valence-electron chi connectivity index (χ3n) is 5.45. The van der Waals surface area contributed by atoms with E-state index in [-0.39, 0.29) is 46.6 Å². The van der Waals surface area contributed by atoms with Crippen molar-refractivity contribution in [2.45, 2.75) is 39.5 Å². The lowest BCUT2D eigenvalue weighted by Crippen LogP contribution is -2.31. The molecule has 206 valence electrons. The van der Waals surface area contributed by atoms with E-state index in [9.17, 15) is 28.0 Å². The molecule has 0 saturated carbocycles. The maximum atomic E-state index is 13.6. The van der Waals surface area contributed by atoms with Crippen LogP contribution in [0.15, 0.2) is 47.2 Å². The smallest absolute Gasteiger partial charge is 0.350 e. The molecule has 40 heavy (non-hydrogen) atoms. The van der Waals surface area contributed by atoms with E-state index in [1.807, 2.05) is 6.07 Å². The van der Waals surface area contributed by atoms with Crippen molar-refractivity contribution in [1.29, 1.82) is 5.26 Å². The highest BCUT2D eigenvalue weighted by Gasteiger charge is 2.34. The van der Waals surface area contributed by atoms with Gasteiger partial charge in [0.15, 0.2) is 11.5 Å². The van der Waals surface area contributed by atoms with E-state index in [0.29, 0.717) is 10.0 Å². The number of nitrogens with one attached hydrogen (secondary N) is 2. The molecule has 3 aromatic heterocycles. The topological polar surface area (TPSA) is 143 Å². The highest BCUT2D eigenvalue weighted by molar-refractivity contribution is 9.10. The summed E-state index contributed by atoms with van der Waals surface area (Å²) in [5.41, 5.74) is -0.0241. The molecule has 0 fully saturated rings. The van der Waals surface area contributed by atoms with Gasteiger partial charge in [0.05, 0.1) is 45.8 Å². The van der Waals surface area contributed by atoms with Crippen LogP contribution in [0.3, 0.4) is 0 Å². The molecule has 0 spiro atoms. The summed E-state index contributed by atoms with van der Waals surface area (Å²) in [6.07, 6.45) is -2.45. The van der Waals surface area contributed by atoms with Gasteiger partial charge in [-0.1, -0.05) is 5.21 Å². The molecule has 2 N–H and O–H groups in total. The number of hydrogen-bond donors (Lipinski definition) is 2. The first-order chi connectivity index (χ1) is 18.9. The van der Waals surface area contributed by atoms with Crippen LogP contribution in [0.2, 0.25) is 0 Å². The second-order valence-electron chi connectivity index (χ2n) is 8.95. The maximum Gasteiger partial charge on any atom is 0.436 e. The van der Waals surface area contributed by atoms with Gasteiger partial charge in [0.2, 0.25) is 0 Å². The SMILES string of the molecule is Cc1cc(C#N)cc(C(=O)NC(C)C)c1NC(=O)c1cc(Cn2cc(C(F)(F)F)nn2)nn1-c1ncccc1Br. The van der Waals surface area contributed by atoms with E-state index >= 15 is 0 Å². The van der Waals surface area contributed by atoms with Gasteiger partial charge in [-0.25, -0.2) is 14.3 Å². The Labute approximate surface area is 234 Å². The molecule has 0 aliphatic carbocycles. The number of nitriles is 1. The van der Waals surface area contributed by atoms with Crippen LogP contribution in [0.1, 0.15) is 57.2 Å². The monoisotopic (exact) mass is 615 g/mol. The summed E-state index contributed by atoms with van der Waals surface area (Å²) >= 11 is 3.37. The normalized spacial score (nSPS) is 11.4. The Balaban J connectivity index is 1.75. The van der Waals surface area contributed by atoms with Crippen molar-refractivity contribution in [2.75, 3.05) is 5.32 Å². The minimum atomic E-state index is -4.67. The zero-order valence-electron chi connectivity index (χ0n) is 21.3. The van der Waals surface area contributed by atoms with Crippen LogP contribution >= 0.6 is 15.9 Å². The summed E-state index contributed by atoms with van der Waals surface area (Å²) in [7, 11) is 0. The lowest BCUT2D eigenvalue weighted by Gasteiger charge is -2.16. The molecule has 0 atom stereocenters. The Morgan fingerprint density at radius 2 is 1.95 bits per heavy atom. The van der Waals surface area contributed by atoms with Crippen LogP contribution in [0.4, 0.5) is 18.9 Å². The standard InChI is InChI=1S/C25H21BrF3N9O2/c1-13(2)32-23(39)17-8-15(10-30)7-14(3)21(17)33-24(40)19-9-16(11-37-12-20(34-36-37)25(27,28)29)35-38(19)22-18(26)5-4-6-31-22/h4-9,12-13H,11H2,1-3H3,(H,32,39)(H,33,40). The molecular weight excluding hydrogens is 595 g/mol.